The van der Waals surface area contributed by atoms with Crippen LogP contribution in [0.5, 0.6) is 0 Å². The smallest absolute Gasteiger partial charge is 0.392 e. The van der Waals surface area contributed by atoms with Crippen LogP contribution in [0.3, 0.4) is 0 Å². The van der Waals surface area contributed by atoms with Gasteiger partial charge >= 0.3 is 6.18 Å². The number of pyridine rings is 1. The number of aliphatic hydroxyl groups is 1. The summed E-state index contributed by atoms with van der Waals surface area (Å²) in [5, 5.41) is 13.1. The highest BCUT2D eigenvalue weighted by atomic mass is 19.4. The molecule has 0 amide bonds. The van der Waals surface area contributed by atoms with Crippen molar-refractivity contribution in [2.24, 2.45) is 0 Å². The Morgan fingerprint density at radius 3 is 2.48 bits per heavy atom. The van der Waals surface area contributed by atoms with Crippen LogP contribution in [-0.2, 0) is 19.2 Å². The van der Waals surface area contributed by atoms with Gasteiger partial charge in [0.15, 0.2) is 0 Å². The highest BCUT2D eigenvalue weighted by molar-refractivity contribution is 5.83. The van der Waals surface area contributed by atoms with Gasteiger partial charge in [0.2, 0.25) is 5.95 Å². The van der Waals surface area contributed by atoms with E-state index in [1.807, 2.05) is 65.2 Å². The molecule has 0 saturated heterocycles. The van der Waals surface area contributed by atoms with Crippen LogP contribution in [0.2, 0.25) is 0 Å². The molecule has 3 aromatic heterocycles. The van der Waals surface area contributed by atoms with E-state index in [9.17, 15) is 18.3 Å². The number of halogens is 3. The SMILES string of the molecule is OCc1ccccc1-c1cc(-n2cnc3cc(-c4ccncc4)ccc32)nc(NCCc2cccc(C(F)(F)F)c2)n1. The Kier molecular flexibility index (Phi) is 7.37. The van der Waals surface area contributed by atoms with Gasteiger partial charge in [-0.3, -0.25) is 9.55 Å². The number of rotatable bonds is 8. The van der Waals surface area contributed by atoms with Gasteiger partial charge in [-0.05, 0) is 59.0 Å². The third-order valence-corrected chi connectivity index (χ3v) is 6.94. The fraction of sp³-hybridized carbons (Fsp3) is 0.125. The average molecular weight is 567 g/mol. The van der Waals surface area contributed by atoms with Gasteiger partial charge in [-0.1, -0.05) is 48.5 Å². The second-order valence-electron chi connectivity index (χ2n) is 9.68. The zero-order valence-corrected chi connectivity index (χ0v) is 22.3. The zero-order valence-electron chi connectivity index (χ0n) is 22.3. The molecule has 0 spiro atoms. The lowest BCUT2D eigenvalue weighted by Gasteiger charge is -2.13. The molecule has 7 nitrogen and oxygen atoms in total. The summed E-state index contributed by atoms with van der Waals surface area (Å²) in [4.78, 5) is 18.1. The third-order valence-electron chi connectivity index (χ3n) is 6.94. The minimum atomic E-state index is -4.40. The van der Waals surface area contributed by atoms with E-state index in [-0.39, 0.29) is 6.61 Å². The van der Waals surface area contributed by atoms with Crippen molar-refractivity contribution in [1.82, 2.24) is 24.5 Å². The number of aromatic nitrogens is 5. The first kappa shape index (κ1) is 27.1. The molecule has 0 bridgehead atoms. The van der Waals surface area contributed by atoms with Gasteiger partial charge in [0.1, 0.15) is 12.1 Å². The van der Waals surface area contributed by atoms with Crippen molar-refractivity contribution in [3.8, 4) is 28.2 Å². The van der Waals surface area contributed by atoms with E-state index in [0.29, 0.717) is 41.6 Å². The first-order valence-corrected chi connectivity index (χ1v) is 13.2. The number of imidazole rings is 1. The Balaban J connectivity index is 1.35. The van der Waals surface area contributed by atoms with Crippen molar-refractivity contribution in [2.45, 2.75) is 19.2 Å². The number of anilines is 1. The van der Waals surface area contributed by atoms with Crippen LogP contribution in [0.25, 0.3) is 39.2 Å². The molecule has 6 rings (SSSR count). The summed E-state index contributed by atoms with van der Waals surface area (Å²) in [5.41, 5.74) is 5.54. The van der Waals surface area contributed by atoms with Gasteiger partial charge < -0.3 is 10.4 Å². The largest absolute Gasteiger partial charge is 0.416 e. The number of hydrogen-bond acceptors (Lipinski definition) is 6. The highest BCUT2D eigenvalue weighted by Crippen LogP contribution is 2.30. The fourth-order valence-corrected chi connectivity index (χ4v) is 4.82. The number of alkyl halides is 3. The van der Waals surface area contributed by atoms with Gasteiger partial charge in [0.25, 0.3) is 0 Å². The number of nitrogens with zero attached hydrogens (tertiary/aromatic N) is 5. The van der Waals surface area contributed by atoms with Gasteiger partial charge in [-0.2, -0.15) is 18.2 Å². The van der Waals surface area contributed by atoms with Crippen LogP contribution < -0.4 is 5.32 Å². The number of nitrogens with one attached hydrogen (secondary N) is 1. The fourth-order valence-electron chi connectivity index (χ4n) is 4.82. The van der Waals surface area contributed by atoms with Crippen LogP contribution in [-0.4, -0.2) is 36.2 Å². The molecule has 3 aromatic carbocycles. The predicted molar refractivity (Wildman–Crippen MR) is 155 cm³/mol. The molecular formula is C32H25F3N6O. The standard InChI is InChI=1S/C32H25F3N6O/c33-32(34,35)25-6-3-4-21(16-25)10-15-37-31-39-27(26-7-2-1-5-24(26)19-42)18-30(40-31)41-20-38-28-17-23(8-9-29(28)41)22-11-13-36-14-12-22/h1-9,11-14,16-18,20,42H,10,15,19H2,(H,37,39,40). The summed E-state index contributed by atoms with van der Waals surface area (Å²) in [6.07, 6.45) is 1.12. The molecule has 0 aliphatic rings. The molecule has 3 heterocycles. The van der Waals surface area contributed by atoms with Crippen LogP contribution in [0.15, 0.2) is 104 Å². The topological polar surface area (TPSA) is 88.8 Å². The molecule has 0 aliphatic heterocycles. The van der Waals surface area contributed by atoms with Crippen molar-refractivity contribution in [2.75, 3.05) is 11.9 Å². The Morgan fingerprint density at radius 1 is 0.833 bits per heavy atom. The second-order valence-corrected chi connectivity index (χ2v) is 9.68. The predicted octanol–water partition coefficient (Wildman–Crippen LogP) is 6.71. The number of aliphatic hydroxyl groups excluding tert-OH is 1. The highest BCUT2D eigenvalue weighted by Gasteiger charge is 2.30. The molecular weight excluding hydrogens is 541 g/mol. The maximum atomic E-state index is 13.2. The summed E-state index contributed by atoms with van der Waals surface area (Å²) in [5.74, 6) is 0.853. The van der Waals surface area contributed by atoms with Crippen molar-refractivity contribution >= 4 is 17.0 Å². The first-order chi connectivity index (χ1) is 20.4. The van der Waals surface area contributed by atoms with Gasteiger partial charge in [-0.25, -0.2) is 9.97 Å². The minimum absolute atomic E-state index is 0.167. The van der Waals surface area contributed by atoms with Crippen LogP contribution in [0.1, 0.15) is 16.7 Å². The second kappa shape index (κ2) is 11.4. The average Bonchev–Trinajstić information content (AvgIpc) is 3.44. The van der Waals surface area contributed by atoms with Crippen LogP contribution in [0.4, 0.5) is 19.1 Å². The van der Waals surface area contributed by atoms with E-state index < -0.39 is 11.7 Å². The zero-order chi connectivity index (χ0) is 29.1. The molecule has 0 saturated carbocycles. The summed E-state index contributed by atoms with van der Waals surface area (Å²) in [6.45, 7) is 0.144. The molecule has 0 radical (unpaired) electrons. The van der Waals surface area contributed by atoms with Crippen molar-refractivity contribution in [3.63, 3.8) is 0 Å². The van der Waals surface area contributed by atoms with Crippen LogP contribution >= 0.6 is 0 Å². The van der Waals surface area contributed by atoms with Crippen LogP contribution in [0, 0.1) is 0 Å². The molecule has 42 heavy (non-hydrogen) atoms. The van der Waals surface area contributed by atoms with Gasteiger partial charge in [-0.15, -0.1) is 0 Å². The van der Waals surface area contributed by atoms with E-state index in [4.69, 9.17) is 9.97 Å². The molecule has 210 valence electrons. The lowest BCUT2D eigenvalue weighted by Crippen LogP contribution is -2.11. The first-order valence-electron chi connectivity index (χ1n) is 13.2. The normalized spacial score (nSPS) is 11.6. The monoisotopic (exact) mass is 566 g/mol. The lowest BCUT2D eigenvalue weighted by molar-refractivity contribution is -0.137. The Morgan fingerprint density at radius 2 is 1.67 bits per heavy atom. The number of benzene rings is 3. The summed E-state index contributed by atoms with van der Waals surface area (Å²) < 4.78 is 41.3. The lowest BCUT2D eigenvalue weighted by atomic mass is 10.0. The van der Waals surface area contributed by atoms with E-state index in [1.54, 1.807) is 24.8 Å². The maximum absolute atomic E-state index is 13.2. The molecule has 0 aliphatic carbocycles. The van der Waals surface area contributed by atoms with E-state index in [2.05, 4.69) is 15.3 Å². The van der Waals surface area contributed by atoms with Crippen molar-refractivity contribution in [1.29, 1.82) is 0 Å². The molecule has 6 aromatic rings. The minimum Gasteiger partial charge on any atom is -0.392 e. The number of hydrogen-bond donors (Lipinski definition) is 2. The van der Waals surface area contributed by atoms with Gasteiger partial charge in [0.05, 0.1) is 28.9 Å². The van der Waals surface area contributed by atoms with E-state index in [0.717, 1.165) is 39.9 Å². The van der Waals surface area contributed by atoms with Crippen molar-refractivity contribution in [3.05, 3.63) is 120 Å². The summed E-state index contributed by atoms with van der Waals surface area (Å²) >= 11 is 0. The quantitative estimate of drug-likeness (QED) is 0.213. The van der Waals surface area contributed by atoms with E-state index >= 15 is 0 Å². The molecule has 0 unspecified atom stereocenters. The molecule has 0 fully saturated rings. The maximum Gasteiger partial charge on any atom is 0.416 e. The molecule has 10 heteroatoms. The Hall–Kier alpha value is -5.09. The van der Waals surface area contributed by atoms with E-state index in [1.165, 1.54) is 6.07 Å². The summed E-state index contributed by atoms with van der Waals surface area (Å²) in [7, 11) is 0. The van der Waals surface area contributed by atoms with Gasteiger partial charge in [0, 0.05) is 30.6 Å². The molecule has 2 N–H and O–H groups in total. The Labute approximate surface area is 239 Å². The van der Waals surface area contributed by atoms with Crippen molar-refractivity contribution < 1.29 is 18.3 Å². The number of fused-ring (bicyclic) bond motifs is 1. The molecule has 0 atom stereocenters. The third kappa shape index (κ3) is 5.70. The Bertz CT molecular complexity index is 1850. The summed E-state index contributed by atoms with van der Waals surface area (Å²) in [6, 6.07) is 24.4.